The highest BCUT2D eigenvalue weighted by molar-refractivity contribution is 9.11. The first-order valence-corrected chi connectivity index (χ1v) is 8.58. The average Bonchev–Trinajstić information content (AvgIpc) is 2.41. The number of benzene rings is 2. The molecule has 0 spiro atoms. The summed E-state index contributed by atoms with van der Waals surface area (Å²) in [6.45, 7) is 3.37. The van der Waals surface area contributed by atoms with E-state index in [4.69, 9.17) is 4.74 Å². The second-order valence-electron chi connectivity index (χ2n) is 4.19. The van der Waals surface area contributed by atoms with E-state index >= 15 is 0 Å². The van der Waals surface area contributed by atoms with Crippen molar-refractivity contribution in [1.29, 1.82) is 0 Å². The lowest BCUT2D eigenvalue weighted by molar-refractivity contribution is 0.336. The maximum atomic E-state index is 5.58. The fraction of sp³-hybridized carbons (Fsp3) is 0.200. The van der Waals surface area contributed by atoms with E-state index < -0.39 is 0 Å². The SMILES string of the molecule is CCOc1c(Br)cc(CNc2cccc(Br)c2)cc1Br. The molecule has 0 saturated heterocycles. The molecule has 0 unspecified atom stereocenters. The van der Waals surface area contributed by atoms with Gasteiger partial charge in [-0.3, -0.25) is 0 Å². The van der Waals surface area contributed by atoms with Gasteiger partial charge in [-0.1, -0.05) is 22.0 Å². The monoisotopic (exact) mass is 461 g/mol. The molecule has 0 aromatic heterocycles. The number of halogens is 3. The molecule has 0 saturated carbocycles. The minimum absolute atomic E-state index is 0.646. The average molecular weight is 464 g/mol. The molecular weight excluding hydrogens is 450 g/mol. The number of anilines is 1. The lowest BCUT2D eigenvalue weighted by atomic mass is 10.2. The molecule has 106 valence electrons. The van der Waals surface area contributed by atoms with E-state index in [1.807, 2.05) is 25.1 Å². The predicted octanol–water partition coefficient (Wildman–Crippen LogP) is 5.98. The Hall–Kier alpha value is -0.520. The minimum Gasteiger partial charge on any atom is -0.492 e. The van der Waals surface area contributed by atoms with Crippen LogP contribution in [0.1, 0.15) is 12.5 Å². The lowest BCUT2D eigenvalue weighted by Gasteiger charge is -2.12. The summed E-state index contributed by atoms with van der Waals surface area (Å²) >= 11 is 10.6. The Morgan fingerprint density at radius 1 is 1.05 bits per heavy atom. The van der Waals surface area contributed by atoms with Gasteiger partial charge in [0.25, 0.3) is 0 Å². The summed E-state index contributed by atoms with van der Waals surface area (Å²) in [4.78, 5) is 0. The van der Waals surface area contributed by atoms with E-state index in [2.05, 4.69) is 71.3 Å². The Balaban J connectivity index is 2.10. The molecule has 2 aromatic rings. The van der Waals surface area contributed by atoms with E-state index in [1.54, 1.807) is 0 Å². The first-order valence-electron chi connectivity index (χ1n) is 6.20. The van der Waals surface area contributed by atoms with Gasteiger partial charge in [0, 0.05) is 16.7 Å². The zero-order valence-corrected chi connectivity index (χ0v) is 15.7. The third-order valence-electron chi connectivity index (χ3n) is 2.67. The maximum Gasteiger partial charge on any atom is 0.147 e. The molecule has 0 atom stereocenters. The van der Waals surface area contributed by atoms with Crippen LogP contribution in [0.15, 0.2) is 49.8 Å². The molecule has 0 aliphatic rings. The van der Waals surface area contributed by atoms with E-state index in [1.165, 1.54) is 5.56 Å². The normalized spacial score (nSPS) is 10.4. The molecule has 0 aliphatic carbocycles. The van der Waals surface area contributed by atoms with E-state index in [0.29, 0.717) is 6.61 Å². The molecule has 0 amide bonds. The molecule has 0 bridgehead atoms. The van der Waals surface area contributed by atoms with Crippen molar-refractivity contribution in [3.05, 3.63) is 55.4 Å². The van der Waals surface area contributed by atoms with Crippen molar-refractivity contribution in [2.45, 2.75) is 13.5 Å². The van der Waals surface area contributed by atoms with Gasteiger partial charge in [0.15, 0.2) is 0 Å². The predicted molar refractivity (Wildman–Crippen MR) is 94.5 cm³/mol. The number of ether oxygens (including phenoxy) is 1. The fourth-order valence-electron chi connectivity index (χ4n) is 1.80. The smallest absolute Gasteiger partial charge is 0.147 e. The summed E-state index contributed by atoms with van der Waals surface area (Å²) in [5.41, 5.74) is 2.26. The van der Waals surface area contributed by atoms with Crippen molar-refractivity contribution < 1.29 is 4.74 Å². The van der Waals surface area contributed by atoms with Crippen molar-refractivity contribution in [3.63, 3.8) is 0 Å². The van der Waals surface area contributed by atoms with Crippen LogP contribution in [0.25, 0.3) is 0 Å². The minimum atomic E-state index is 0.646. The zero-order valence-electron chi connectivity index (χ0n) is 10.9. The van der Waals surface area contributed by atoms with Gasteiger partial charge >= 0.3 is 0 Å². The van der Waals surface area contributed by atoms with Crippen LogP contribution in [0.5, 0.6) is 5.75 Å². The van der Waals surface area contributed by atoms with Crippen molar-refractivity contribution in [1.82, 2.24) is 0 Å². The number of hydrogen-bond acceptors (Lipinski definition) is 2. The third-order valence-corrected chi connectivity index (χ3v) is 4.34. The second-order valence-corrected chi connectivity index (χ2v) is 6.81. The second kappa shape index (κ2) is 7.48. The fourth-order valence-corrected chi connectivity index (χ4v) is 3.71. The van der Waals surface area contributed by atoms with Crippen molar-refractivity contribution in [2.24, 2.45) is 0 Å². The number of rotatable bonds is 5. The van der Waals surface area contributed by atoms with Crippen LogP contribution in [-0.4, -0.2) is 6.61 Å². The Morgan fingerprint density at radius 2 is 1.75 bits per heavy atom. The molecule has 0 radical (unpaired) electrons. The molecule has 0 heterocycles. The van der Waals surface area contributed by atoms with Crippen LogP contribution < -0.4 is 10.1 Å². The highest BCUT2D eigenvalue weighted by atomic mass is 79.9. The van der Waals surface area contributed by atoms with Crippen molar-refractivity contribution in [2.75, 3.05) is 11.9 Å². The molecule has 2 nitrogen and oxygen atoms in total. The van der Waals surface area contributed by atoms with E-state index in [-0.39, 0.29) is 0 Å². The Morgan fingerprint density at radius 3 is 2.35 bits per heavy atom. The number of hydrogen-bond donors (Lipinski definition) is 1. The molecule has 0 aliphatic heterocycles. The van der Waals surface area contributed by atoms with Crippen LogP contribution in [0.2, 0.25) is 0 Å². The highest BCUT2D eigenvalue weighted by Gasteiger charge is 2.08. The number of nitrogens with one attached hydrogen (secondary N) is 1. The largest absolute Gasteiger partial charge is 0.492 e. The van der Waals surface area contributed by atoms with Crippen molar-refractivity contribution >= 4 is 53.5 Å². The summed E-state index contributed by atoms with van der Waals surface area (Å²) in [6, 6.07) is 12.3. The molecule has 2 aromatic carbocycles. The maximum absolute atomic E-state index is 5.58. The Labute approximate surface area is 144 Å². The van der Waals surface area contributed by atoms with Gasteiger partial charge in [-0.25, -0.2) is 0 Å². The van der Waals surface area contributed by atoms with Crippen LogP contribution in [0.4, 0.5) is 5.69 Å². The molecule has 1 N–H and O–H groups in total. The summed E-state index contributed by atoms with van der Waals surface area (Å²) in [6.07, 6.45) is 0. The standard InChI is InChI=1S/C15H14Br3NO/c1-2-20-15-13(17)6-10(7-14(15)18)9-19-12-5-3-4-11(16)8-12/h3-8,19H,2,9H2,1H3. The van der Waals surface area contributed by atoms with Gasteiger partial charge < -0.3 is 10.1 Å². The van der Waals surface area contributed by atoms with E-state index in [0.717, 1.165) is 31.4 Å². The zero-order chi connectivity index (χ0) is 14.5. The van der Waals surface area contributed by atoms with Gasteiger partial charge in [-0.15, -0.1) is 0 Å². The van der Waals surface area contributed by atoms with E-state index in [9.17, 15) is 0 Å². The summed E-state index contributed by atoms with van der Waals surface area (Å²) in [5, 5.41) is 3.40. The molecule has 5 heteroatoms. The molecular formula is C15H14Br3NO. The Bertz CT molecular complexity index is 578. The van der Waals surface area contributed by atoms with Crippen LogP contribution >= 0.6 is 47.8 Å². The third kappa shape index (κ3) is 4.24. The summed E-state index contributed by atoms with van der Waals surface area (Å²) < 4.78 is 8.56. The van der Waals surface area contributed by atoms with Crippen molar-refractivity contribution in [3.8, 4) is 5.75 Å². The van der Waals surface area contributed by atoms with Gasteiger partial charge in [0.2, 0.25) is 0 Å². The summed E-state index contributed by atoms with van der Waals surface area (Å²) in [7, 11) is 0. The molecule has 0 fully saturated rings. The first-order chi connectivity index (χ1) is 9.60. The molecule has 2 rings (SSSR count). The quantitative estimate of drug-likeness (QED) is 0.588. The summed E-state index contributed by atoms with van der Waals surface area (Å²) in [5.74, 6) is 0.846. The van der Waals surface area contributed by atoms with Gasteiger partial charge in [-0.2, -0.15) is 0 Å². The van der Waals surface area contributed by atoms with Gasteiger partial charge in [-0.05, 0) is 74.7 Å². The molecule has 20 heavy (non-hydrogen) atoms. The van der Waals surface area contributed by atoms with Gasteiger partial charge in [0.1, 0.15) is 5.75 Å². The topological polar surface area (TPSA) is 21.3 Å². The first kappa shape index (κ1) is 15.9. The van der Waals surface area contributed by atoms with Gasteiger partial charge in [0.05, 0.1) is 15.6 Å². The van der Waals surface area contributed by atoms with Crippen LogP contribution in [0.3, 0.4) is 0 Å². The highest BCUT2D eigenvalue weighted by Crippen LogP contribution is 2.35. The van der Waals surface area contributed by atoms with Crippen LogP contribution in [0, 0.1) is 0 Å². The van der Waals surface area contributed by atoms with Crippen LogP contribution in [-0.2, 0) is 6.54 Å². The Kier molecular flexibility index (Phi) is 5.93. The lowest BCUT2D eigenvalue weighted by Crippen LogP contribution is -2.01.